The van der Waals surface area contributed by atoms with Crippen molar-refractivity contribution in [3.05, 3.63) is 57.6 Å². The van der Waals surface area contributed by atoms with Crippen LogP contribution < -0.4 is 16.0 Å². The van der Waals surface area contributed by atoms with Crippen LogP contribution in [0.4, 0.5) is 10.1 Å². The molecule has 3 fully saturated rings. The third-order valence-corrected chi connectivity index (χ3v) is 10.7. The van der Waals surface area contributed by atoms with E-state index in [0.717, 1.165) is 12.8 Å². The van der Waals surface area contributed by atoms with E-state index in [1.54, 1.807) is 31.1 Å². The summed E-state index contributed by atoms with van der Waals surface area (Å²) in [7, 11) is 3.44. The standard InChI is InChI=1S/C31H36Cl2FN5O3/c1-29(2)8-10-30(11-9-29)31(20-6-5-17(32)15-21(20)37-28(31)42)22(19-7-12-35-25(33)23(19)34)24(38-30)26(40)36-18-13-16(14-18)27(41)39(3)4/h5-7,12,15-16,18,22,24,38H,8-11,13-14H2,1-4H3,(H,36,40)(H,37,42)/t16?,18?,22-,24+,31?/m0/s1. The van der Waals surface area contributed by atoms with Crippen LogP contribution in [0.5, 0.6) is 0 Å². The second kappa shape index (κ2) is 10.2. The van der Waals surface area contributed by atoms with Crippen LogP contribution >= 0.6 is 23.2 Å². The average Bonchev–Trinajstić information content (AvgIpc) is 3.36. The maximum atomic E-state index is 16.0. The summed E-state index contributed by atoms with van der Waals surface area (Å²) >= 11 is 12.6. The first-order chi connectivity index (χ1) is 19.8. The van der Waals surface area contributed by atoms with E-state index in [4.69, 9.17) is 23.2 Å². The Balaban J connectivity index is 1.48. The van der Waals surface area contributed by atoms with E-state index >= 15 is 4.39 Å². The monoisotopic (exact) mass is 615 g/mol. The molecule has 3 amide bonds. The van der Waals surface area contributed by atoms with Crippen LogP contribution in [0.15, 0.2) is 30.5 Å². The molecule has 2 aliphatic carbocycles. The molecule has 1 aromatic carbocycles. The number of hydrogen-bond acceptors (Lipinski definition) is 5. The van der Waals surface area contributed by atoms with Crippen molar-refractivity contribution < 1.29 is 18.8 Å². The van der Waals surface area contributed by atoms with Gasteiger partial charge in [-0.2, -0.15) is 0 Å². The molecule has 42 heavy (non-hydrogen) atoms. The minimum absolute atomic E-state index is 0.0338. The van der Waals surface area contributed by atoms with Crippen LogP contribution in [0.1, 0.15) is 69.4 Å². The van der Waals surface area contributed by atoms with Crippen LogP contribution in [0.25, 0.3) is 0 Å². The maximum absolute atomic E-state index is 16.0. The van der Waals surface area contributed by atoms with Crippen molar-refractivity contribution in [1.82, 2.24) is 20.5 Å². The fourth-order valence-corrected chi connectivity index (χ4v) is 8.26. The largest absolute Gasteiger partial charge is 0.352 e. The summed E-state index contributed by atoms with van der Waals surface area (Å²) in [6.07, 6.45) is 5.32. The zero-order valence-corrected chi connectivity index (χ0v) is 25.7. The minimum Gasteiger partial charge on any atom is -0.352 e. The molecule has 1 aromatic heterocycles. The number of benzene rings is 1. The van der Waals surface area contributed by atoms with Crippen LogP contribution in [-0.4, -0.2) is 59.3 Å². The fraction of sp³-hybridized carbons (Fsp3) is 0.548. The summed E-state index contributed by atoms with van der Waals surface area (Å²) in [5.74, 6) is -2.41. The van der Waals surface area contributed by atoms with Crippen molar-refractivity contribution in [3.8, 4) is 0 Å². The SMILES string of the molecule is CN(C)C(=O)C1CC(NC(=O)[C@@H]2NC3(CCC(C)(C)CC3)C3(C(=O)Nc4cc(Cl)ccc43)[C@H]2c2ccnc(Cl)c2F)C1. The first-order valence-corrected chi connectivity index (χ1v) is 15.3. The molecule has 3 heterocycles. The third-order valence-electron chi connectivity index (χ3n) is 10.2. The maximum Gasteiger partial charge on any atom is 0.238 e. The Hall–Kier alpha value is -2.75. The van der Waals surface area contributed by atoms with Gasteiger partial charge in [0.2, 0.25) is 17.7 Å². The normalized spacial score (nSPS) is 30.5. The predicted octanol–water partition coefficient (Wildman–Crippen LogP) is 4.80. The number of carbonyl (C=O) groups excluding carboxylic acids is 3. The number of amides is 3. The molecular formula is C31H36Cl2FN5O3. The Morgan fingerprint density at radius 2 is 1.79 bits per heavy atom. The van der Waals surface area contributed by atoms with E-state index in [9.17, 15) is 14.4 Å². The summed E-state index contributed by atoms with van der Waals surface area (Å²) in [6.45, 7) is 4.41. The highest BCUT2D eigenvalue weighted by molar-refractivity contribution is 6.31. The molecule has 4 aliphatic rings. The lowest BCUT2D eigenvalue weighted by molar-refractivity contribution is -0.138. The molecule has 2 spiro atoms. The molecule has 6 rings (SSSR count). The number of rotatable bonds is 4. The molecule has 2 saturated carbocycles. The molecule has 11 heteroatoms. The Labute approximate surface area is 255 Å². The third kappa shape index (κ3) is 4.34. The van der Waals surface area contributed by atoms with Gasteiger partial charge in [0, 0.05) is 54.4 Å². The van der Waals surface area contributed by atoms with Crippen molar-refractivity contribution in [2.75, 3.05) is 19.4 Å². The lowest BCUT2D eigenvalue weighted by Gasteiger charge is -2.50. The molecule has 8 nitrogen and oxygen atoms in total. The molecule has 2 aliphatic heterocycles. The Bertz CT molecular complexity index is 1470. The van der Waals surface area contributed by atoms with Gasteiger partial charge in [-0.3, -0.25) is 19.7 Å². The Morgan fingerprint density at radius 3 is 2.45 bits per heavy atom. The van der Waals surface area contributed by atoms with Crippen molar-refractivity contribution in [1.29, 1.82) is 0 Å². The van der Waals surface area contributed by atoms with E-state index in [0.29, 0.717) is 42.0 Å². The summed E-state index contributed by atoms with van der Waals surface area (Å²) in [6, 6.07) is 5.66. The molecule has 0 bridgehead atoms. The molecule has 1 saturated heterocycles. The zero-order valence-electron chi connectivity index (χ0n) is 24.2. The van der Waals surface area contributed by atoms with Crippen LogP contribution in [0.3, 0.4) is 0 Å². The molecule has 3 atom stereocenters. The van der Waals surface area contributed by atoms with Gasteiger partial charge in [-0.1, -0.05) is 43.1 Å². The molecule has 2 aromatic rings. The number of halogens is 3. The molecule has 3 N–H and O–H groups in total. The Morgan fingerprint density at radius 1 is 1.10 bits per heavy atom. The van der Waals surface area contributed by atoms with Gasteiger partial charge in [-0.15, -0.1) is 0 Å². The van der Waals surface area contributed by atoms with E-state index < -0.39 is 28.7 Å². The van der Waals surface area contributed by atoms with Crippen LogP contribution in [-0.2, 0) is 19.8 Å². The van der Waals surface area contributed by atoms with E-state index in [1.807, 2.05) is 6.07 Å². The van der Waals surface area contributed by atoms with Gasteiger partial charge in [-0.25, -0.2) is 9.37 Å². The van der Waals surface area contributed by atoms with Gasteiger partial charge in [-0.05, 0) is 73.3 Å². The number of nitrogens with zero attached hydrogens (tertiary/aromatic N) is 2. The number of aromatic nitrogens is 1. The second-order valence-corrected chi connectivity index (χ2v) is 14.2. The van der Waals surface area contributed by atoms with E-state index in [2.05, 4.69) is 34.8 Å². The van der Waals surface area contributed by atoms with Gasteiger partial charge < -0.3 is 15.5 Å². The van der Waals surface area contributed by atoms with Gasteiger partial charge in [0.25, 0.3) is 0 Å². The summed E-state index contributed by atoms with van der Waals surface area (Å²) in [5.41, 5.74) is -0.695. The highest BCUT2D eigenvalue weighted by Crippen LogP contribution is 2.64. The van der Waals surface area contributed by atoms with Gasteiger partial charge in [0.15, 0.2) is 11.0 Å². The summed E-state index contributed by atoms with van der Waals surface area (Å²) < 4.78 is 16.0. The fourth-order valence-electron chi connectivity index (χ4n) is 7.92. The minimum atomic E-state index is -1.32. The first-order valence-electron chi connectivity index (χ1n) is 14.5. The quantitative estimate of drug-likeness (QED) is 0.429. The van der Waals surface area contributed by atoms with E-state index in [1.165, 1.54) is 12.3 Å². The Kier molecular flexibility index (Phi) is 7.10. The summed E-state index contributed by atoms with van der Waals surface area (Å²) in [5, 5.41) is 9.96. The predicted molar refractivity (Wildman–Crippen MR) is 159 cm³/mol. The van der Waals surface area contributed by atoms with Gasteiger partial charge in [0.1, 0.15) is 5.41 Å². The lowest BCUT2D eigenvalue weighted by Crippen LogP contribution is -2.61. The summed E-state index contributed by atoms with van der Waals surface area (Å²) in [4.78, 5) is 46.6. The topological polar surface area (TPSA) is 103 Å². The number of fused-ring (bicyclic) bond motifs is 3. The second-order valence-electron chi connectivity index (χ2n) is 13.4. The first kappa shape index (κ1) is 29.3. The van der Waals surface area contributed by atoms with E-state index in [-0.39, 0.29) is 45.8 Å². The molecule has 224 valence electrons. The number of nitrogens with one attached hydrogen (secondary N) is 3. The number of pyridine rings is 1. The van der Waals surface area contributed by atoms with Crippen LogP contribution in [0, 0.1) is 17.2 Å². The number of anilines is 1. The van der Waals surface area contributed by atoms with Crippen molar-refractivity contribution in [2.45, 2.75) is 81.3 Å². The molecule has 1 unspecified atom stereocenters. The lowest BCUT2D eigenvalue weighted by atomic mass is 9.53. The number of carbonyl (C=O) groups is 3. The van der Waals surface area contributed by atoms with Crippen molar-refractivity contribution in [2.24, 2.45) is 11.3 Å². The number of hydrogen-bond donors (Lipinski definition) is 3. The van der Waals surface area contributed by atoms with Crippen molar-refractivity contribution in [3.63, 3.8) is 0 Å². The zero-order chi connectivity index (χ0) is 30.2. The molecular weight excluding hydrogens is 580 g/mol. The molecule has 0 radical (unpaired) electrons. The van der Waals surface area contributed by atoms with Gasteiger partial charge >= 0.3 is 0 Å². The smallest absolute Gasteiger partial charge is 0.238 e. The van der Waals surface area contributed by atoms with Crippen molar-refractivity contribution >= 4 is 46.6 Å². The van der Waals surface area contributed by atoms with Gasteiger partial charge in [0.05, 0.1) is 6.04 Å². The highest BCUT2D eigenvalue weighted by atomic mass is 35.5. The van der Waals surface area contributed by atoms with Crippen LogP contribution in [0.2, 0.25) is 10.2 Å². The highest BCUT2D eigenvalue weighted by Gasteiger charge is 2.73. The average molecular weight is 617 g/mol.